The van der Waals surface area contributed by atoms with Gasteiger partial charge in [0.1, 0.15) is 11.5 Å². The molecule has 1 heterocycles. The topological polar surface area (TPSA) is 59.8 Å². The molecule has 1 saturated carbocycles. The summed E-state index contributed by atoms with van der Waals surface area (Å²) in [6.45, 7) is 0. The molecule has 0 spiro atoms. The SMILES string of the molecule is O=c1c(CSc2ccc(F)cc2)nnc(Nc2ccccc2)n1C1CC1. The van der Waals surface area contributed by atoms with Crippen LogP contribution in [-0.2, 0) is 5.75 Å². The molecule has 0 bridgehead atoms. The third kappa shape index (κ3) is 3.77. The van der Waals surface area contributed by atoms with Crippen molar-refractivity contribution < 1.29 is 4.39 Å². The maximum Gasteiger partial charge on any atom is 0.278 e. The van der Waals surface area contributed by atoms with E-state index in [2.05, 4.69) is 15.5 Å². The fourth-order valence-corrected chi connectivity index (χ4v) is 3.43. The van der Waals surface area contributed by atoms with Gasteiger partial charge in [-0.1, -0.05) is 18.2 Å². The first kappa shape index (κ1) is 16.8. The fraction of sp³-hybridized carbons (Fsp3) is 0.211. The Morgan fingerprint density at radius 3 is 2.50 bits per heavy atom. The van der Waals surface area contributed by atoms with Crippen LogP contribution in [0.4, 0.5) is 16.0 Å². The lowest BCUT2D eigenvalue weighted by molar-refractivity contribution is 0.626. The lowest BCUT2D eigenvalue weighted by Gasteiger charge is -2.13. The van der Waals surface area contributed by atoms with E-state index in [4.69, 9.17) is 0 Å². The summed E-state index contributed by atoms with van der Waals surface area (Å²) in [6.07, 6.45) is 1.94. The number of hydrogen-bond donors (Lipinski definition) is 1. The van der Waals surface area contributed by atoms with Crippen LogP contribution in [0.5, 0.6) is 0 Å². The van der Waals surface area contributed by atoms with Gasteiger partial charge >= 0.3 is 0 Å². The van der Waals surface area contributed by atoms with E-state index in [0.29, 0.717) is 17.4 Å². The van der Waals surface area contributed by atoms with Crippen molar-refractivity contribution in [3.05, 3.63) is 76.5 Å². The Balaban J connectivity index is 1.58. The molecule has 3 aromatic rings. The molecule has 0 aliphatic heterocycles. The average molecular weight is 368 g/mol. The zero-order valence-corrected chi connectivity index (χ0v) is 14.7. The maximum atomic E-state index is 13.0. The van der Waals surface area contributed by atoms with Crippen molar-refractivity contribution in [2.24, 2.45) is 0 Å². The highest BCUT2D eigenvalue weighted by Crippen LogP contribution is 2.36. The van der Waals surface area contributed by atoms with Crippen LogP contribution in [0.3, 0.4) is 0 Å². The molecular formula is C19H17FN4OS. The Morgan fingerprint density at radius 2 is 1.81 bits per heavy atom. The van der Waals surface area contributed by atoms with E-state index in [9.17, 15) is 9.18 Å². The lowest BCUT2D eigenvalue weighted by atomic mass is 10.3. The maximum absolute atomic E-state index is 13.0. The highest BCUT2D eigenvalue weighted by molar-refractivity contribution is 7.98. The quantitative estimate of drug-likeness (QED) is 0.663. The zero-order valence-electron chi connectivity index (χ0n) is 13.9. The minimum atomic E-state index is -0.276. The molecule has 7 heteroatoms. The molecule has 0 saturated heterocycles. The van der Waals surface area contributed by atoms with Crippen molar-refractivity contribution in [1.82, 2.24) is 14.8 Å². The number of benzene rings is 2. The number of halogens is 1. The van der Waals surface area contributed by atoms with Crippen LogP contribution in [0.1, 0.15) is 24.6 Å². The van der Waals surface area contributed by atoms with E-state index in [1.165, 1.54) is 23.9 Å². The molecule has 5 nitrogen and oxygen atoms in total. The number of nitrogens with zero attached hydrogens (tertiary/aromatic N) is 3. The third-order valence-electron chi connectivity index (χ3n) is 4.09. The molecule has 2 aromatic carbocycles. The van der Waals surface area contributed by atoms with Crippen molar-refractivity contribution in [3.63, 3.8) is 0 Å². The van der Waals surface area contributed by atoms with Crippen molar-refractivity contribution in [2.45, 2.75) is 29.5 Å². The van der Waals surface area contributed by atoms with Gasteiger partial charge in [-0.25, -0.2) is 4.39 Å². The van der Waals surface area contributed by atoms with E-state index in [1.54, 1.807) is 16.7 Å². The summed E-state index contributed by atoms with van der Waals surface area (Å²) in [5.74, 6) is 0.594. The molecule has 0 atom stereocenters. The van der Waals surface area contributed by atoms with Crippen LogP contribution in [0.15, 0.2) is 64.3 Å². The summed E-state index contributed by atoms with van der Waals surface area (Å²) in [6, 6.07) is 16.0. The van der Waals surface area contributed by atoms with Crippen LogP contribution >= 0.6 is 11.8 Å². The summed E-state index contributed by atoms with van der Waals surface area (Å²) in [4.78, 5) is 13.8. The minimum Gasteiger partial charge on any atom is -0.324 e. The van der Waals surface area contributed by atoms with Gasteiger partial charge in [0.25, 0.3) is 5.56 Å². The standard InChI is InChI=1S/C19H17FN4OS/c20-13-6-10-16(11-7-13)26-12-17-18(25)24(15-8-9-15)19(23-22-17)21-14-4-2-1-3-5-14/h1-7,10-11,15H,8-9,12H2,(H,21,23). The van der Waals surface area contributed by atoms with Gasteiger partial charge in [-0.2, -0.15) is 0 Å². The second-order valence-corrected chi connectivity index (χ2v) is 7.16. The molecule has 0 amide bonds. The predicted molar refractivity (Wildman–Crippen MR) is 100 cm³/mol. The Morgan fingerprint density at radius 1 is 1.08 bits per heavy atom. The van der Waals surface area contributed by atoms with Gasteiger partial charge < -0.3 is 5.32 Å². The smallest absolute Gasteiger partial charge is 0.278 e. The van der Waals surface area contributed by atoms with Crippen LogP contribution in [0.2, 0.25) is 0 Å². The van der Waals surface area contributed by atoms with E-state index in [1.807, 2.05) is 30.3 Å². The van der Waals surface area contributed by atoms with Crippen LogP contribution in [0, 0.1) is 5.82 Å². The van der Waals surface area contributed by atoms with Gasteiger partial charge in [0.05, 0.1) is 0 Å². The van der Waals surface area contributed by atoms with E-state index in [-0.39, 0.29) is 17.4 Å². The van der Waals surface area contributed by atoms with Gasteiger partial charge in [0.2, 0.25) is 5.95 Å². The average Bonchev–Trinajstić information content (AvgIpc) is 3.48. The van der Waals surface area contributed by atoms with Crippen molar-refractivity contribution in [1.29, 1.82) is 0 Å². The van der Waals surface area contributed by atoms with Gasteiger partial charge in [-0.15, -0.1) is 22.0 Å². The van der Waals surface area contributed by atoms with Gasteiger partial charge in [0.15, 0.2) is 0 Å². The Hall–Kier alpha value is -2.67. The van der Waals surface area contributed by atoms with Crippen LogP contribution in [0.25, 0.3) is 0 Å². The normalized spacial score (nSPS) is 13.6. The first-order valence-corrected chi connectivity index (χ1v) is 9.38. The number of aromatic nitrogens is 3. The minimum absolute atomic E-state index is 0.115. The Kier molecular flexibility index (Phi) is 4.71. The van der Waals surface area contributed by atoms with E-state index in [0.717, 1.165) is 23.4 Å². The van der Waals surface area contributed by atoms with Crippen LogP contribution in [-0.4, -0.2) is 14.8 Å². The Labute approximate surface area is 154 Å². The summed E-state index contributed by atoms with van der Waals surface area (Å²) in [7, 11) is 0. The first-order chi connectivity index (χ1) is 12.7. The van der Waals surface area contributed by atoms with Gasteiger partial charge in [0, 0.05) is 22.4 Å². The third-order valence-corrected chi connectivity index (χ3v) is 5.11. The summed E-state index contributed by atoms with van der Waals surface area (Å²) < 4.78 is 14.7. The molecule has 1 fully saturated rings. The second-order valence-electron chi connectivity index (χ2n) is 6.11. The monoisotopic (exact) mass is 368 g/mol. The number of thioether (sulfide) groups is 1. The van der Waals surface area contributed by atoms with E-state index < -0.39 is 0 Å². The highest BCUT2D eigenvalue weighted by Gasteiger charge is 2.29. The molecule has 4 rings (SSSR count). The first-order valence-electron chi connectivity index (χ1n) is 8.39. The Bertz CT molecular complexity index is 956. The largest absolute Gasteiger partial charge is 0.324 e. The molecule has 26 heavy (non-hydrogen) atoms. The molecule has 0 unspecified atom stereocenters. The molecule has 1 aromatic heterocycles. The van der Waals surface area contributed by atoms with Crippen molar-refractivity contribution in [2.75, 3.05) is 5.32 Å². The summed E-state index contributed by atoms with van der Waals surface area (Å²) in [5, 5.41) is 11.6. The fourth-order valence-electron chi connectivity index (χ4n) is 2.61. The van der Waals surface area contributed by atoms with Crippen LogP contribution < -0.4 is 10.9 Å². The molecule has 1 aliphatic carbocycles. The van der Waals surface area contributed by atoms with Crippen molar-refractivity contribution in [3.8, 4) is 0 Å². The molecule has 1 N–H and O–H groups in total. The summed E-state index contributed by atoms with van der Waals surface area (Å²) in [5.41, 5.74) is 1.16. The molecule has 0 radical (unpaired) electrons. The molecular weight excluding hydrogens is 351 g/mol. The number of rotatable bonds is 6. The van der Waals surface area contributed by atoms with Crippen molar-refractivity contribution >= 4 is 23.4 Å². The summed E-state index contributed by atoms with van der Waals surface area (Å²) >= 11 is 1.44. The predicted octanol–water partition coefficient (Wildman–Crippen LogP) is 4.15. The number of nitrogens with one attached hydrogen (secondary N) is 1. The van der Waals surface area contributed by atoms with E-state index >= 15 is 0 Å². The zero-order chi connectivity index (χ0) is 17.9. The second kappa shape index (κ2) is 7.29. The molecule has 132 valence electrons. The highest BCUT2D eigenvalue weighted by atomic mass is 32.2. The lowest BCUT2D eigenvalue weighted by Crippen LogP contribution is -2.27. The number of anilines is 2. The number of para-hydroxylation sites is 1. The van der Waals surface area contributed by atoms with Gasteiger partial charge in [-0.05, 0) is 49.2 Å². The van der Waals surface area contributed by atoms with Gasteiger partial charge in [-0.3, -0.25) is 9.36 Å². The molecule has 1 aliphatic rings. The number of hydrogen-bond acceptors (Lipinski definition) is 5.